The maximum Gasteiger partial charge on any atom is 0.514 e. The minimum Gasteiger partial charge on any atom is -0.431 e. The predicted octanol–water partition coefficient (Wildman–Crippen LogP) is 2.89. The number of carbonyl (C=O) groups is 1. The molecule has 0 bridgehead atoms. The molecule has 0 N–H and O–H groups in total. The van der Waals surface area contributed by atoms with Gasteiger partial charge in [-0.05, 0) is 32.4 Å². The fourth-order valence-electron chi connectivity index (χ4n) is 1.14. The number of isocyanates is 1. The summed E-state index contributed by atoms with van der Waals surface area (Å²) in [6, 6.07) is 4.76. The number of hydrogen-bond acceptors (Lipinski definition) is 5. The van der Waals surface area contributed by atoms with Gasteiger partial charge in [-0.1, -0.05) is 6.07 Å². The van der Waals surface area contributed by atoms with Crippen molar-refractivity contribution < 1.29 is 19.1 Å². The first-order valence-corrected chi connectivity index (χ1v) is 5.10. The quantitative estimate of drug-likeness (QED) is 0.349. The van der Waals surface area contributed by atoms with E-state index in [1.807, 2.05) is 0 Å². The molecule has 0 amide bonds. The van der Waals surface area contributed by atoms with Crippen molar-refractivity contribution in [1.82, 2.24) is 0 Å². The van der Waals surface area contributed by atoms with Crippen LogP contribution in [0.25, 0.3) is 0 Å². The van der Waals surface area contributed by atoms with E-state index >= 15 is 0 Å². The number of hydrogen-bond donors (Lipinski definition) is 0. The second-order valence-corrected chi connectivity index (χ2v) is 3.67. The van der Waals surface area contributed by atoms with Crippen molar-refractivity contribution in [1.29, 1.82) is 0 Å². The summed E-state index contributed by atoms with van der Waals surface area (Å²) in [5.41, 5.74) is 1.20. The molecule has 0 spiro atoms. The van der Waals surface area contributed by atoms with Gasteiger partial charge < -0.3 is 9.47 Å². The number of benzene rings is 1. The summed E-state index contributed by atoms with van der Waals surface area (Å²) in [4.78, 5) is 24.9. The van der Waals surface area contributed by atoms with Gasteiger partial charge in [-0.25, -0.2) is 9.59 Å². The molecule has 0 aliphatic carbocycles. The highest BCUT2D eigenvalue weighted by atomic mass is 16.7. The number of aliphatic imine (C=N–C) groups is 1. The molecule has 0 heterocycles. The third-order valence-corrected chi connectivity index (χ3v) is 1.88. The highest BCUT2D eigenvalue weighted by Gasteiger charge is 2.09. The summed E-state index contributed by atoms with van der Waals surface area (Å²) in [6.07, 6.45) is 0.404. The number of rotatable bonds is 3. The molecular formula is C12H13NO4. The maximum absolute atomic E-state index is 11.2. The van der Waals surface area contributed by atoms with Crippen molar-refractivity contribution in [2.75, 3.05) is 0 Å². The molecule has 0 fully saturated rings. The maximum atomic E-state index is 11.2. The highest BCUT2D eigenvalue weighted by molar-refractivity contribution is 5.65. The first kappa shape index (κ1) is 12.9. The van der Waals surface area contributed by atoms with Gasteiger partial charge in [-0.3, -0.25) is 0 Å². The lowest BCUT2D eigenvalue weighted by Gasteiger charge is -2.08. The molecule has 0 aromatic heterocycles. The van der Waals surface area contributed by atoms with Gasteiger partial charge in [0.2, 0.25) is 6.08 Å². The molecule has 0 unspecified atom stereocenters. The Morgan fingerprint density at radius 2 is 2.12 bits per heavy atom. The van der Waals surface area contributed by atoms with Crippen LogP contribution in [0.4, 0.5) is 10.5 Å². The van der Waals surface area contributed by atoms with Gasteiger partial charge in [0.15, 0.2) is 0 Å². The van der Waals surface area contributed by atoms with Crippen LogP contribution in [0.3, 0.4) is 0 Å². The summed E-state index contributed by atoms with van der Waals surface area (Å²) >= 11 is 0. The molecule has 1 aromatic carbocycles. The summed E-state index contributed by atoms with van der Waals surface area (Å²) < 4.78 is 9.73. The summed E-state index contributed by atoms with van der Waals surface area (Å²) in [5, 5.41) is 0. The van der Waals surface area contributed by atoms with Gasteiger partial charge in [-0.2, -0.15) is 4.99 Å². The predicted molar refractivity (Wildman–Crippen MR) is 61.2 cm³/mol. The molecule has 1 aromatic rings. The van der Waals surface area contributed by atoms with Crippen molar-refractivity contribution in [3.8, 4) is 5.75 Å². The van der Waals surface area contributed by atoms with Gasteiger partial charge in [0.05, 0.1) is 11.8 Å². The van der Waals surface area contributed by atoms with Crippen LogP contribution < -0.4 is 4.74 Å². The van der Waals surface area contributed by atoms with Gasteiger partial charge in [0.25, 0.3) is 0 Å². The average molecular weight is 235 g/mol. The fourth-order valence-corrected chi connectivity index (χ4v) is 1.14. The van der Waals surface area contributed by atoms with Gasteiger partial charge in [0.1, 0.15) is 5.75 Å². The Labute approximate surface area is 99.1 Å². The standard InChI is InChI=1S/C12H13NO4/c1-8(2)16-12(15)17-10-5-4-9(3)11(6-10)13-7-14/h4-6,8H,1-3H3. The molecular weight excluding hydrogens is 222 g/mol. The van der Waals surface area contributed by atoms with Crippen molar-refractivity contribution in [3.63, 3.8) is 0 Å². The fraction of sp³-hybridized carbons (Fsp3) is 0.333. The molecule has 0 radical (unpaired) electrons. The Morgan fingerprint density at radius 1 is 1.41 bits per heavy atom. The van der Waals surface area contributed by atoms with E-state index in [0.717, 1.165) is 5.56 Å². The van der Waals surface area contributed by atoms with E-state index in [2.05, 4.69) is 4.99 Å². The SMILES string of the molecule is Cc1ccc(OC(=O)OC(C)C)cc1N=C=O. The minimum absolute atomic E-state index is 0.250. The van der Waals surface area contributed by atoms with E-state index in [1.165, 1.54) is 12.1 Å². The number of carbonyl (C=O) groups excluding carboxylic acids is 2. The smallest absolute Gasteiger partial charge is 0.431 e. The summed E-state index contributed by atoms with van der Waals surface area (Å²) in [6.45, 7) is 5.23. The average Bonchev–Trinajstić information content (AvgIpc) is 2.22. The molecule has 0 aliphatic rings. The number of ether oxygens (including phenoxy) is 2. The van der Waals surface area contributed by atoms with Crippen LogP contribution in [0, 0.1) is 6.92 Å². The Bertz CT molecular complexity index is 462. The Morgan fingerprint density at radius 3 is 2.71 bits per heavy atom. The topological polar surface area (TPSA) is 65.0 Å². The van der Waals surface area contributed by atoms with Crippen LogP contribution in [-0.2, 0) is 9.53 Å². The van der Waals surface area contributed by atoms with Gasteiger partial charge in [-0.15, -0.1) is 0 Å². The third kappa shape index (κ3) is 4.09. The monoisotopic (exact) mass is 235 g/mol. The van der Waals surface area contributed by atoms with Crippen molar-refractivity contribution in [2.45, 2.75) is 26.9 Å². The van der Waals surface area contributed by atoms with E-state index in [9.17, 15) is 9.59 Å². The van der Waals surface area contributed by atoms with Crippen LogP contribution in [0.1, 0.15) is 19.4 Å². The molecule has 0 atom stereocenters. The van der Waals surface area contributed by atoms with Crippen molar-refractivity contribution >= 4 is 17.9 Å². The summed E-state index contributed by atoms with van der Waals surface area (Å²) in [7, 11) is 0. The second-order valence-electron chi connectivity index (χ2n) is 3.67. The van der Waals surface area contributed by atoms with E-state index in [1.54, 1.807) is 32.9 Å². The molecule has 1 rings (SSSR count). The third-order valence-electron chi connectivity index (χ3n) is 1.88. The lowest BCUT2D eigenvalue weighted by molar-refractivity contribution is 0.0729. The number of aryl methyl sites for hydroxylation is 1. The van der Waals surface area contributed by atoms with Gasteiger partial charge >= 0.3 is 6.16 Å². The molecule has 17 heavy (non-hydrogen) atoms. The lowest BCUT2D eigenvalue weighted by Crippen LogP contribution is -2.15. The Kier molecular flexibility index (Phi) is 4.43. The number of nitrogens with zero attached hydrogens (tertiary/aromatic N) is 1. The van der Waals surface area contributed by atoms with E-state index in [4.69, 9.17) is 9.47 Å². The van der Waals surface area contributed by atoms with E-state index in [-0.39, 0.29) is 11.9 Å². The molecule has 0 saturated heterocycles. The van der Waals surface area contributed by atoms with Crippen LogP contribution in [-0.4, -0.2) is 18.3 Å². The Balaban J connectivity index is 2.82. The molecule has 0 saturated carbocycles. The van der Waals surface area contributed by atoms with E-state index in [0.29, 0.717) is 5.69 Å². The van der Waals surface area contributed by atoms with Crippen LogP contribution >= 0.6 is 0 Å². The van der Waals surface area contributed by atoms with Crippen LogP contribution in [0.5, 0.6) is 5.75 Å². The van der Waals surface area contributed by atoms with E-state index < -0.39 is 6.16 Å². The zero-order chi connectivity index (χ0) is 12.8. The normalized spacial score (nSPS) is 9.65. The molecule has 90 valence electrons. The lowest BCUT2D eigenvalue weighted by atomic mass is 10.2. The van der Waals surface area contributed by atoms with Crippen molar-refractivity contribution in [2.24, 2.45) is 4.99 Å². The Hall–Kier alpha value is -2.13. The van der Waals surface area contributed by atoms with Crippen molar-refractivity contribution in [3.05, 3.63) is 23.8 Å². The van der Waals surface area contributed by atoms with Gasteiger partial charge in [0, 0.05) is 6.07 Å². The van der Waals surface area contributed by atoms with Crippen LogP contribution in [0.15, 0.2) is 23.2 Å². The zero-order valence-corrected chi connectivity index (χ0v) is 9.89. The first-order chi connectivity index (χ1) is 8.02. The second kappa shape index (κ2) is 5.82. The van der Waals surface area contributed by atoms with Crippen LogP contribution in [0.2, 0.25) is 0 Å². The molecule has 0 aliphatic heterocycles. The minimum atomic E-state index is -0.787. The first-order valence-electron chi connectivity index (χ1n) is 5.10. The largest absolute Gasteiger partial charge is 0.514 e. The highest BCUT2D eigenvalue weighted by Crippen LogP contribution is 2.24. The molecule has 5 heteroatoms. The zero-order valence-electron chi connectivity index (χ0n) is 9.89. The summed E-state index contributed by atoms with van der Waals surface area (Å²) in [5.74, 6) is 0.273. The molecule has 5 nitrogen and oxygen atoms in total.